The number of amides is 1. The largest absolute Gasteiger partial charge is 0.501 e. The van der Waals surface area contributed by atoms with E-state index < -0.39 is 29.0 Å². The van der Waals surface area contributed by atoms with E-state index in [1.807, 2.05) is 30.3 Å². The molecule has 6 N–H and O–H groups in total. The molecule has 144 valence electrons. The van der Waals surface area contributed by atoms with Crippen molar-refractivity contribution in [2.45, 2.75) is 12.5 Å². The van der Waals surface area contributed by atoms with Crippen molar-refractivity contribution in [3.63, 3.8) is 0 Å². The minimum Gasteiger partial charge on any atom is -0.501 e. The van der Waals surface area contributed by atoms with Gasteiger partial charge in [0.25, 0.3) is 5.56 Å². The zero-order valence-corrected chi connectivity index (χ0v) is 15.2. The van der Waals surface area contributed by atoms with Crippen molar-refractivity contribution in [1.82, 2.24) is 9.97 Å². The molecule has 0 aliphatic carbocycles. The highest BCUT2D eigenvalue weighted by Gasteiger charge is 2.20. The molecule has 0 saturated carbocycles. The van der Waals surface area contributed by atoms with Crippen LogP contribution in [0.25, 0.3) is 10.7 Å². The molecular weight excluding hydrogens is 384 g/mol. The zero-order chi connectivity index (χ0) is 20.3. The van der Waals surface area contributed by atoms with E-state index in [-0.39, 0.29) is 18.2 Å². The van der Waals surface area contributed by atoms with Gasteiger partial charge in [0.15, 0.2) is 11.5 Å². The first-order chi connectivity index (χ1) is 13.4. The van der Waals surface area contributed by atoms with Crippen LogP contribution in [-0.2, 0) is 4.79 Å². The Bertz CT molecular complexity index is 1080. The molecule has 0 aliphatic rings. The molecule has 0 bridgehead atoms. The number of aromatic amines is 1. The molecule has 0 fully saturated rings. The van der Waals surface area contributed by atoms with Crippen LogP contribution in [0.2, 0.25) is 0 Å². The first-order valence-electron chi connectivity index (χ1n) is 8.11. The van der Waals surface area contributed by atoms with Crippen LogP contribution in [0.5, 0.6) is 5.75 Å². The van der Waals surface area contributed by atoms with E-state index in [4.69, 9.17) is 10.8 Å². The fourth-order valence-electron chi connectivity index (χ4n) is 2.53. The molecule has 1 atom stereocenters. The maximum absolute atomic E-state index is 12.4. The quantitative estimate of drug-likeness (QED) is 0.423. The first-order valence-corrected chi connectivity index (χ1v) is 8.99. The molecule has 3 aromatic rings. The number of nitrogens with one attached hydrogen (secondary N) is 2. The Labute approximate surface area is 162 Å². The van der Waals surface area contributed by atoms with Crippen molar-refractivity contribution in [1.29, 1.82) is 0 Å². The SMILES string of the molecule is NC(CC(=O)Nc1ccsc1-c1nc(C(=O)O)c(O)c(=O)[nH]1)c1ccccc1. The summed E-state index contributed by atoms with van der Waals surface area (Å²) in [6.07, 6.45) is 0.0270. The average molecular weight is 400 g/mol. The summed E-state index contributed by atoms with van der Waals surface area (Å²) in [4.78, 5) is 41.7. The lowest BCUT2D eigenvalue weighted by atomic mass is 10.0. The number of nitrogens with zero attached hydrogens (tertiary/aromatic N) is 1. The molecule has 2 heterocycles. The Balaban J connectivity index is 1.82. The Kier molecular flexibility index (Phi) is 5.52. The van der Waals surface area contributed by atoms with Gasteiger partial charge in [0.1, 0.15) is 0 Å². The third kappa shape index (κ3) is 4.08. The van der Waals surface area contributed by atoms with Crippen molar-refractivity contribution >= 4 is 28.9 Å². The Morgan fingerprint density at radius 2 is 1.96 bits per heavy atom. The lowest BCUT2D eigenvalue weighted by molar-refractivity contribution is -0.116. The number of carboxylic acids is 1. The van der Waals surface area contributed by atoms with Gasteiger partial charge in [-0.25, -0.2) is 9.78 Å². The van der Waals surface area contributed by atoms with Crippen molar-refractivity contribution in [3.8, 4) is 16.5 Å². The molecule has 0 spiro atoms. The average Bonchev–Trinajstić information content (AvgIpc) is 3.12. The van der Waals surface area contributed by atoms with Gasteiger partial charge < -0.3 is 26.2 Å². The normalized spacial score (nSPS) is 11.8. The number of rotatable bonds is 6. The maximum atomic E-state index is 12.4. The fourth-order valence-corrected chi connectivity index (χ4v) is 3.33. The summed E-state index contributed by atoms with van der Waals surface area (Å²) in [6.45, 7) is 0. The van der Waals surface area contributed by atoms with E-state index in [0.29, 0.717) is 10.6 Å². The summed E-state index contributed by atoms with van der Waals surface area (Å²) in [5.74, 6) is -2.94. The van der Waals surface area contributed by atoms with Gasteiger partial charge in [0.05, 0.1) is 10.6 Å². The highest BCUT2D eigenvalue weighted by Crippen LogP contribution is 2.32. The minimum absolute atomic E-state index is 0.0270. The van der Waals surface area contributed by atoms with E-state index in [1.54, 1.807) is 11.4 Å². The monoisotopic (exact) mass is 400 g/mol. The van der Waals surface area contributed by atoms with Crippen LogP contribution >= 0.6 is 11.3 Å². The summed E-state index contributed by atoms with van der Waals surface area (Å²) in [6, 6.07) is 10.3. The highest BCUT2D eigenvalue weighted by molar-refractivity contribution is 7.14. The van der Waals surface area contributed by atoms with E-state index in [1.165, 1.54) is 0 Å². The predicted octanol–water partition coefficient (Wildman–Crippen LogP) is 1.93. The molecule has 1 aromatic carbocycles. The Morgan fingerprint density at radius 3 is 2.64 bits per heavy atom. The van der Waals surface area contributed by atoms with E-state index in [2.05, 4.69) is 15.3 Å². The highest BCUT2D eigenvalue weighted by atomic mass is 32.1. The number of nitrogens with two attached hydrogens (primary N) is 1. The number of carboxylic acid groups (broad SMARTS) is 1. The first kappa shape index (κ1) is 19.3. The second-order valence-electron chi connectivity index (χ2n) is 5.85. The van der Waals surface area contributed by atoms with Gasteiger partial charge in [-0.05, 0) is 17.0 Å². The number of aromatic nitrogens is 2. The van der Waals surface area contributed by atoms with Crippen molar-refractivity contribution in [2.75, 3.05) is 5.32 Å². The second kappa shape index (κ2) is 8.03. The van der Waals surface area contributed by atoms with Crippen LogP contribution in [0, 0.1) is 0 Å². The third-order valence-electron chi connectivity index (χ3n) is 3.88. The maximum Gasteiger partial charge on any atom is 0.358 e. The van der Waals surface area contributed by atoms with Crippen LogP contribution in [0.3, 0.4) is 0 Å². The molecule has 9 nitrogen and oxygen atoms in total. The molecule has 0 radical (unpaired) electrons. The molecular formula is C18H16N4O5S. The summed E-state index contributed by atoms with van der Waals surface area (Å²) in [5.41, 5.74) is 5.46. The second-order valence-corrected chi connectivity index (χ2v) is 6.77. The number of aromatic hydroxyl groups is 1. The summed E-state index contributed by atoms with van der Waals surface area (Å²) in [7, 11) is 0. The topological polar surface area (TPSA) is 158 Å². The molecule has 0 saturated heterocycles. The number of carbonyl (C=O) groups excluding carboxylic acids is 1. The Morgan fingerprint density at radius 1 is 1.25 bits per heavy atom. The van der Waals surface area contributed by atoms with Crippen LogP contribution in [0.4, 0.5) is 5.69 Å². The third-order valence-corrected chi connectivity index (χ3v) is 4.81. The van der Waals surface area contributed by atoms with Gasteiger partial charge >= 0.3 is 5.97 Å². The fraction of sp³-hybridized carbons (Fsp3) is 0.111. The number of hydrogen-bond acceptors (Lipinski definition) is 7. The number of thiophene rings is 1. The van der Waals surface area contributed by atoms with Crippen molar-refractivity contribution < 1.29 is 19.8 Å². The van der Waals surface area contributed by atoms with Crippen molar-refractivity contribution in [2.24, 2.45) is 5.73 Å². The van der Waals surface area contributed by atoms with Gasteiger partial charge in [-0.1, -0.05) is 30.3 Å². The smallest absolute Gasteiger partial charge is 0.358 e. The number of H-pyrrole nitrogens is 1. The van der Waals surface area contributed by atoms with Gasteiger partial charge in [-0.2, -0.15) is 0 Å². The lowest BCUT2D eigenvalue weighted by Gasteiger charge is -2.12. The van der Waals surface area contributed by atoms with Gasteiger partial charge in [-0.15, -0.1) is 11.3 Å². The summed E-state index contributed by atoms with van der Waals surface area (Å²) >= 11 is 1.14. The number of benzene rings is 1. The van der Waals surface area contributed by atoms with Crippen LogP contribution in [-0.4, -0.2) is 32.1 Å². The number of hydrogen-bond donors (Lipinski definition) is 5. The number of anilines is 1. The van der Waals surface area contributed by atoms with Crippen molar-refractivity contribution in [3.05, 3.63) is 63.4 Å². The minimum atomic E-state index is -1.54. The standard InChI is InChI=1S/C18H16N4O5S/c19-10(9-4-2-1-3-5-9)8-12(23)20-11-6-7-28-15(11)16-21-13(18(26)27)14(24)17(25)22-16/h1-7,10,24H,8,19H2,(H,20,23)(H,26,27)(H,21,22,25). The molecule has 0 aliphatic heterocycles. The van der Waals surface area contributed by atoms with Crippen LogP contribution in [0.15, 0.2) is 46.6 Å². The molecule has 1 amide bonds. The summed E-state index contributed by atoms with van der Waals surface area (Å²) < 4.78 is 0. The van der Waals surface area contributed by atoms with Gasteiger partial charge in [0, 0.05) is 12.5 Å². The molecule has 10 heteroatoms. The van der Waals surface area contributed by atoms with E-state index in [9.17, 15) is 19.5 Å². The molecule has 1 unspecified atom stereocenters. The van der Waals surface area contributed by atoms with E-state index in [0.717, 1.165) is 16.9 Å². The van der Waals surface area contributed by atoms with Gasteiger partial charge in [0.2, 0.25) is 11.7 Å². The lowest BCUT2D eigenvalue weighted by Crippen LogP contribution is -2.21. The number of aromatic carboxylic acids is 1. The van der Waals surface area contributed by atoms with E-state index >= 15 is 0 Å². The zero-order valence-electron chi connectivity index (χ0n) is 14.4. The number of carbonyl (C=O) groups is 2. The predicted molar refractivity (Wildman–Crippen MR) is 103 cm³/mol. The molecule has 28 heavy (non-hydrogen) atoms. The molecule has 3 rings (SSSR count). The van der Waals surface area contributed by atoms with Crippen LogP contribution < -0.4 is 16.6 Å². The van der Waals surface area contributed by atoms with Gasteiger partial charge in [-0.3, -0.25) is 9.59 Å². The summed E-state index contributed by atoms with van der Waals surface area (Å²) in [5, 5.41) is 23.0. The Hall–Kier alpha value is -3.50. The molecule has 2 aromatic heterocycles. The van der Waals surface area contributed by atoms with Crippen LogP contribution in [0.1, 0.15) is 28.5 Å².